The summed E-state index contributed by atoms with van der Waals surface area (Å²) in [5, 5.41) is 5.83. The number of rotatable bonds is 10. The van der Waals surface area contributed by atoms with Gasteiger partial charge in [0.2, 0.25) is 0 Å². The van der Waals surface area contributed by atoms with Crippen molar-refractivity contribution in [3.63, 3.8) is 0 Å². The Labute approximate surface area is 170 Å². The lowest BCUT2D eigenvalue weighted by Crippen LogP contribution is -2.30. The maximum absolute atomic E-state index is 5.88. The molecule has 0 aliphatic heterocycles. The molecule has 1 aromatic heterocycles. The Morgan fingerprint density at radius 3 is 2.44 bits per heavy atom. The predicted octanol–water partition coefficient (Wildman–Crippen LogP) is 4.98. The Kier molecular flexibility index (Phi) is 7.39. The van der Waals surface area contributed by atoms with Crippen molar-refractivity contribution in [2.75, 3.05) is 50.4 Å². The molecule has 0 aliphatic rings. The van der Waals surface area contributed by atoms with Gasteiger partial charge in [0.25, 0.3) is 0 Å². The molecule has 1 N–H and O–H groups in total. The number of methoxy groups -OCH3 is 1. The first-order chi connectivity index (χ1) is 13.3. The first-order valence-electron chi connectivity index (χ1n) is 9.22. The van der Waals surface area contributed by atoms with Gasteiger partial charge >= 0.3 is 0 Å². The van der Waals surface area contributed by atoms with Gasteiger partial charge in [-0.25, -0.2) is 4.98 Å². The van der Waals surface area contributed by atoms with E-state index in [-0.39, 0.29) is 0 Å². The number of fused-ring (bicyclic) bond motifs is 2. The molecule has 0 amide bonds. The molecule has 0 saturated heterocycles. The van der Waals surface area contributed by atoms with Gasteiger partial charge in [-0.1, -0.05) is 30.3 Å². The van der Waals surface area contributed by atoms with Crippen molar-refractivity contribution in [2.45, 2.75) is 6.42 Å². The van der Waals surface area contributed by atoms with Crippen molar-refractivity contribution < 1.29 is 4.74 Å². The zero-order valence-corrected chi connectivity index (χ0v) is 17.1. The number of ether oxygens (including phenoxy) is 1. The third-order valence-electron chi connectivity index (χ3n) is 4.65. The van der Waals surface area contributed by atoms with E-state index in [4.69, 9.17) is 32.9 Å². The average Bonchev–Trinajstić information content (AvgIpc) is 2.70. The summed E-state index contributed by atoms with van der Waals surface area (Å²) in [4.78, 5) is 7.11. The highest BCUT2D eigenvalue weighted by Gasteiger charge is 2.12. The maximum atomic E-state index is 5.88. The number of anilines is 1. The molecule has 0 saturated carbocycles. The van der Waals surface area contributed by atoms with Crippen LogP contribution in [0.5, 0.6) is 5.75 Å². The Bertz CT molecular complexity index is 882. The lowest BCUT2D eigenvalue weighted by molar-refractivity contribution is 0.306. The highest BCUT2D eigenvalue weighted by molar-refractivity contribution is 6.18. The van der Waals surface area contributed by atoms with Crippen LogP contribution in [0.2, 0.25) is 0 Å². The lowest BCUT2D eigenvalue weighted by atomic mass is 10.1. The van der Waals surface area contributed by atoms with Gasteiger partial charge in [0.05, 0.1) is 18.3 Å². The van der Waals surface area contributed by atoms with Gasteiger partial charge in [-0.15, -0.1) is 23.2 Å². The number of nitrogens with one attached hydrogen (secondary N) is 1. The molecule has 0 bridgehead atoms. The summed E-state index contributed by atoms with van der Waals surface area (Å²) in [5.41, 5.74) is 2.95. The van der Waals surface area contributed by atoms with Crippen molar-refractivity contribution >= 4 is 50.7 Å². The zero-order chi connectivity index (χ0) is 19.1. The van der Waals surface area contributed by atoms with Crippen LogP contribution < -0.4 is 10.1 Å². The van der Waals surface area contributed by atoms with Crippen molar-refractivity contribution in [3.05, 3.63) is 42.5 Å². The van der Waals surface area contributed by atoms with E-state index < -0.39 is 0 Å². The fraction of sp³-hybridized carbons (Fsp3) is 0.381. The largest absolute Gasteiger partial charge is 0.494 e. The number of hydrogen-bond donors (Lipinski definition) is 1. The Morgan fingerprint density at radius 2 is 1.70 bits per heavy atom. The second kappa shape index (κ2) is 9.98. The summed E-state index contributed by atoms with van der Waals surface area (Å²) in [5.74, 6) is 2.05. The van der Waals surface area contributed by atoms with Crippen LogP contribution in [0, 0.1) is 0 Å². The first kappa shape index (κ1) is 20.0. The van der Waals surface area contributed by atoms with E-state index in [2.05, 4.69) is 22.3 Å². The number of nitrogens with zero attached hydrogens (tertiary/aromatic N) is 2. The monoisotopic (exact) mass is 405 g/mol. The molecule has 0 unspecified atom stereocenters. The van der Waals surface area contributed by atoms with Gasteiger partial charge in [-0.2, -0.15) is 0 Å². The summed E-state index contributed by atoms with van der Waals surface area (Å²) in [6.45, 7) is 3.57. The van der Waals surface area contributed by atoms with E-state index in [0.717, 1.165) is 65.8 Å². The van der Waals surface area contributed by atoms with Gasteiger partial charge in [0.1, 0.15) is 11.3 Å². The molecule has 0 spiro atoms. The smallest absolute Gasteiger partial charge is 0.145 e. The molecular formula is C21H25Cl2N3O. The zero-order valence-electron chi connectivity index (χ0n) is 15.5. The van der Waals surface area contributed by atoms with Gasteiger partial charge in [-0.05, 0) is 25.1 Å². The standard InChI is InChI=1S/C21H25Cl2N3O/c1-27-19-9-4-7-17-20(16-6-2-3-8-18(16)25-21(17)19)24-12-5-13-26(14-10-22)15-11-23/h2-4,6-9H,5,10-15H2,1H3,(H,24,25). The molecule has 0 fully saturated rings. The van der Waals surface area contributed by atoms with Crippen LogP contribution in [-0.4, -0.2) is 54.9 Å². The van der Waals surface area contributed by atoms with Crippen LogP contribution in [-0.2, 0) is 0 Å². The number of hydrogen-bond acceptors (Lipinski definition) is 4. The number of aromatic nitrogens is 1. The van der Waals surface area contributed by atoms with E-state index in [9.17, 15) is 0 Å². The molecule has 0 radical (unpaired) electrons. The fourth-order valence-corrected chi connectivity index (χ4v) is 3.81. The molecule has 6 heteroatoms. The highest BCUT2D eigenvalue weighted by atomic mass is 35.5. The van der Waals surface area contributed by atoms with E-state index in [1.165, 1.54) is 0 Å². The second-order valence-corrected chi connectivity index (χ2v) is 7.12. The van der Waals surface area contributed by atoms with Gasteiger partial charge in [0, 0.05) is 42.2 Å². The predicted molar refractivity (Wildman–Crippen MR) is 117 cm³/mol. The SMILES string of the molecule is COc1cccc2c(NCCCN(CCCl)CCCl)c3ccccc3nc12. The minimum atomic E-state index is 0.629. The van der Waals surface area contributed by atoms with Crippen LogP contribution in [0.25, 0.3) is 21.8 Å². The molecule has 144 valence electrons. The van der Waals surface area contributed by atoms with Gasteiger partial charge < -0.3 is 15.0 Å². The molecule has 4 nitrogen and oxygen atoms in total. The van der Waals surface area contributed by atoms with Crippen molar-refractivity contribution in [2.24, 2.45) is 0 Å². The summed E-state index contributed by atoms with van der Waals surface area (Å²) >= 11 is 11.8. The molecule has 0 aliphatic carbocycles. The minimum Gasteiger partial charge on any atom is -0.494 e. The van der Waals surface area contributed by atoms with E-state index >= 15 is 0 Å². The molecule has 1 heterocycles. The van der Waals surface area contributed by atoms with Crippen LogP contribution in [0.3, 0.4) is 0 Å². The Balaban J connectivity index is 1.84. The quantitative estimate of drug-likeness (QED) is 0.293. The second-order valence-electron chi connectivity index (χ2n) is 6.36. The third-order valence-corrected chi connectivity index (χ3v) is 4.99. The van der Waals surface area contributed by atoms with Crippen LogP contribution in [0.4, 0.5) is 5.69 Å². The fourth-order valence-electron chi connectivity index (χ4n) is 3.33. The molecule has 3 aromatic rings. The minimum absolute atomic E-state index is 0.629. The summed E-state index contributed by atoms with van der Waals surface area (Å²) in [6.07, 6.45) is 1.01. The molecule has 0 atom stereocenters. The molecule has 27 heavy (non-hydrogen) atoms. The van der Waals surface area contributed by atoms with E-state index in [1.807, 2.05) is 30.3 Å². The van der Waals surface area contributed by atoms with Crippen molar-refractivity contribution in [1.82, 2.24) is 9.88 Å². The van der Waals surface area contributed by atoms with E-state index in [0.29, 0.717) is 11.8 Å². The summed E-state index contributed by atoms with van der Waals surface area (Å²) in [6, 6.07) is 14.2. The topological polar surface area (TPSA) is 37.4 Å². The molecule has 2 aromatic carbocycles. The number of alkyl halides is 2. The summed E-state index contributed by atoms with van der Waals surface area (Å²) < 4.78 is 5.52. The van der Waals surface area contributed by atoms with Crippen molar-refractivity contribution in [1.29, 1.82) is 0 Å². The van der Waals surface area contributed by atoms with Gasteiger partial charge in [0.15, 0.2) is 0 Å². The van der Waals surface area contributed by atoms with Crippen LogP contribution >= 0.6 is 23.2 Å². The average molecular weight is 406 g/mol. The Morgan fingerprint density at radius 1 is 0.963 bits per heavy atom. The third kappa shape index (κ3) is 4.75. The van der Waals surface area contributed by atoms with E-state index in [1.54, 1.807) is 7.11 Å². The summed E-state index contributed by atoms with van der Waals surface area (Å²) in [7, 11) is 1.68. The van der Waals surface area contributed by atoms with Gasteiger partial charge in [-0.3, -0.25) is 0 Å². The normalized spacial score (nSPS) is 11.4. The number of para-hydroxylation sites is 2. The molecule has 3 rings (SSSR count). The molecular weight excluding hydrogens is 381 g/mol. The highest BCUT2D eigenvalue weighted by Crippen LogP contribution is 2.34. The van der Waals surface area contributed by atoms with Crippen LogP contribution in [0.1, 0.15) is 6.42 Å². The Hall–Kier alpha value is -1.75. The lowest BCUT2D eigenvalue weighted by Gasteiger charge is -2.20. The number of pyridine rings is 1. The number of benzene rings is 2. The first-order valence-corrected chi connectivity index (χ1v) is 10.3. The van der Waals surface area contributed by atoms with Crippen molar-refractivity contribution in [3.8, 4) is 5.75 Å². The maximum Gasteiger partial charge on any atom is 0.145 e. The van der Waals surface area contributed by atoms with Crippen LogP contribution in [0.15, 0.2) is 42.5 Å². The number of halogens is 2.